The largest absolute Gasteiger partial charge is 0.469 e. The number of hydrogen-bond donors (Lipinski definition) is 1. The van der Waals surface area contributed by atoms with Crippen molar-refractivity contribution in [2.45, 2.75) is 0 Å². The number of rotatable bonds is 2. The van der Waals surface area contributed by atoms with E-state index in [1.54, 1.807) is 18.2 Å². The molecule has 5 nitrogen and oxygen atoms in total. The van der Waals surface area contributed by atoms with Gasteiger partial charge >= 0.3 is 5.97 Å². The summed E-state index contributed by atoms with van der Waals surface area (Å²) >= 11 is 0. The SMILES string of the molecule is COC(=O)C1C=CC=C2NN=C(C=O)C21. The van der Waals surface area contributed by atoms with Gasteiger partial charge in [-0.25, -0.2) is 0 Å². The highest BCUT2D eigenvalue weighted by Gasteiger charge is 2.38. The molecule has 1 N–H and O–H groups in total. The van der Waals surface area contributed by atoms with Gasteiger partial charge in [0, 0.05) is 5.70 Å². The second kappa shape index (κ2) is 3.68. The highest BCUT2D eigenvalue weighted by Crippen LogP contribution is 2.29. The second-order valence-corrected chi connectivity index (χ2v) is 3.30. The number of nitrogens with one attached hydrogen (secondary N) is 1. The van der Waals surface area contributed by atoms with Crippen LogP contribution in [0.2, 0.25) is 0 Å². The Hall–Kier alpha value is -1.91. The number of carbonyl (C=O) groups excluding carboxylic acids is 2. The number of esters is 1. The lowest BCUT2D eigenvalue weighted by atomic mass is 9.83. The molecule has 2 unspecified atom stereocenters. The fourth-order valence-electron chi connectivity index (χ4n) is 1.79. The van der Waals surface area contributed by atoms with Crippen LogP contribution in [0.5, 0.6) is 0 Å². The molecular formula is C10H10N2O3. The van der Waals surface area contributed by atoms with Gasteiger partial charge in [-0.05, 0) is 6.08 Å². The minimum atomic E-state index is -0.464. The predicted octanol–water partition coefficient (Wildman–Crippen LogP) is 0.00360. The highest BCUT2D eigenvalue weighted by molar-refractivity contribution is 6.31. The lowest BCUT2D eigenvalue weighted by molar-refractivity contribution is -0.144. The molecule has 0 saturated heterocycles. The first-order chi connectivity index (χ1) is 7.27. The number of fused-ring (bicyclic) bond motifs is 1. The summed E-state index contributed by atoms with van der Waals surface area (Å²) in [6, 6.07) is 0. The Bertz CT molecular complexity index is 395. The quantitative estimate of drug-likeness (QED) is 0.510. The second-order valence-electron chi connectivity index (χ2n) is 3.30. The summed E-state index contributed by atoms with van der Waals surface area (Å²) in [4.78, 5) is 22.2. The third-order valence-corrected chi connectivity index (χ3v) is 2.52. The molecule has 78 valence electrons. The lowest BCUT2D eigenvalue weighted by Gasteiger charge is -2.20. The molecule has 0 amide bonds. The Morgan fingerprint density at radius 1 is 1.67 bits per heavy atom. The standard InChI is InChI=1S/C10H10N2O3/c1-15-10(14)6-3-2-4-7-9(6)8(5-13)12-11-7/h2-6,9,11H,1H3. The Labute approximate surface area is 86.5 Å². The number of ether oxygens (including phenoxy) is 1. The van der Waals surface area contributed by atoms with Crippen molar-refractivity contribution in [2.24, 2.45) is 16.9 Å². The maximum Gasteiger partial charge on any atom is 0.313 e. The van der Waals surface area contributed by atoms with Gasteiger partial charge in [-0.3, -0.25) is 15.0 Å². The summed E-state index contributed by atoms with van der Waals surface area (Å²) in [6.45, 7) is 0. The first kappa shape index (κ1) is 9.64. The van der Waals surface area contributed by atoms with Gasteiger partial charge in [0.05, 0.1) is 18.9 Å². The van der Waals surface area contributed by atoms with Crippen molar-refractivity contribution in [3.8, 4) is 0 Å². The molecule has 1 aliphatic carbocycles. The summed E-state index contributed by atoms with van der Waals surface area (Å²) in [5, 5.41) is 3.85. The molecule has 1 heterocycles. The Balaban J connectivity index is 2.31. The third-order valence-electron chi connectivity index (χ3n) is 2.52. The Kier molecular flexibility index (Phi) is 2.37. The van der Waals surface area contributed by atoms with Crippen molar-refractivity contribution >= 4 is 18.0 Å². The first-order valence-electron chi connectivity index (χ1n) is 4.53. The number of carbonyl (C=O) groups is 2. The number of hydrogen-bond acceptors (Lipinski definition) is 5. The van der Waals surface area contributed by atoms with Gasteiger partial charge in [0.1, 0.15) is 5.71 Å². The van der Waals surface area contributed by atoms with Crippen molar-refractivity contribution < 1.29 is 14.3 Å². The number of methoxy groups -OCH3 is 1. The molecule has 5 heteroatoms. The molecule has 2 atom stereocenters. The maximum atomic E-state index is 11.5. The van der Waals surface area contributed by atoms with Crippen molar-refractivity contribution in [2.75, 3.05) is 7.11 Å². The van der Waals surface area contributed by atoms with Gasteiger partial charge in [0.25, 0.3) is 0 Å². The molecule has 15 heavy (non-hydrogen) atoms. The maximum absolute atomic E-state index is 11.5. The van der Waals surface area contributed by atoms with Gasteiger partial charge in [0.15, 0.2) is 6.29 Å². The van der Waals surface area contributed by atoms with E-state index in [4.69, 9.17) is 0 Å². The number of nitrogens with zero attached hydrogens (tertiary/aromatic N) is 1. The van der Waals surface area contributed by atoms with Crippen molar-refractivity contribution in [1.82, 2.24) is 5.43 Å². The zero-order valence-electron chi connectivity index (χ0n) is 8.14. The van der Waals surface area contributed by atoms with Crippen LogP contribution in [0.15, 0.2) is 29.0 Å². The first-order valence-corrected chi connectivity index (χ1v) is 4.53. The van der Waals surface area contributed by atoms with E-state index in [9.17, 15) is 9.59 Å². The summed E-state index contributed by atoms with van der Waals surface area (Å²) in [5.74, 6) is -1.14. The van der Waals surface area contributed by atoms with Crippen molar-refractivity contribution in [1.29, 1.82) is 0 Å². The van der Waals surface area contributed by atoms with E-state index < -0.39 is 5.92 Å². The van der Waals surface area contributed by atoms with E-state index in [-0.39, 0.29) is 11.9 Å². The monoisotopic (exact) mass is 206 g/mol. The molecule has 0 aromatic rings. The number of hydrazone groups is 1. The van der Waals surface area contributed by atoms with Gasteiger partial charge < -0.3 is 4.74 Å². The minimum absolute atomic E-state index is 0.319. The molecule has 0 fully saturated rings. The van der Waals surface area contributed by atoms with Crippen LogP contribution in [0.1, 0.15) is 0 Å². The summed E-state index contributed by atoms with van der Waals surface area (Å²) in [5.41, 5.74) is 3.82. The molecule has 0 bridgehead atoms. The summed E-state index contributed by atoms with van der Waals surface area (Å²) < 4.78 is 4.67. The molecule has 0 radical (unpaired) electrons. The molecule has 0 saturated carbocycles. The van der Waals surface area contributed by atoms with E-state index in [1.165, 1.54) is 7.11 Å². The minimum Gasteiger partial charge on any atom is -0.469 e. The van der Waals surface area contributed by atoms with Crippen LogP contribution in [-0.4, -0.2) is 25.1 Å². The van der Waals surface area contributed by atoms with Crippen molar-refractivity contribution in [3.63, 3.8) is 0 Å². The summed E-state index contributed by atoms with van der Waals surface area (Å²) in [7, 11) is 1.33. The van der Waals surface area contributed by atoms with Gasteiger partial charge in [0.2, 0.25) is 0 Å². The molecule has 2 aliphatic rings. The van der Waals surface area contributed by atoms with Crippen LogP contribution in [0.3, 0.4) is 0 Å². The molecule has 2 rings (SSSR count). The molecule has 1 aliphatic heterocycles. The topological polar surface area (TPSA) is 67.8 Å². The smallest absolute Gasteiger partial charge is 0.313 e. The number of allylic oxidation sites excluding steroid dienone is 3. The van der Waals surface area contributed by atoms with E-state index in [0.29, 0.717) is 12.0 Å². The average Bonchev–Trinajstić information content (AvgIpc) is 2.70. The van der Waals surface area contributed by atoms with Crippen molar-refractivity contribution in [3.05, 3.63) is 23.9 Å². The zero-order valence-corrected chi connectivity index (χ0v) is 8.14. The fraction of sp³-hybridized carbons (Fsp3) is 0.300. The Morgan fingerprint density at radius 3 is 3.13 bits per heavy atom. The van der Waals surface area contributed by atoms with Crippen LogP contribution >= 0.6 is 0 Å². The normalized spacial score (nSPS) is 27.3. The molecule has 0 aromatic heterocycles. The number of aldehydes is 1. The van der Waals surface area contributed by atoms with E-state index >= 15 is 0 Å². The van der Waals surface area contributed by atoms with Crippen LogP contribution in [0.4, 0.5) is 0 Å². The lowest BCUT2D eigenvalue weighted by Crippen LogP contribution is -2.31. The Morgan fingerprint density at radius 2 is 2.47 bits per heavy atom. The average molecular weight is 206 g/mol. The van der Waals surface area contributed by atoms with E-state index in [2.05, 4.69) is 15.3 Å². The van der Waals surface area contributed by atoms with Crippen LogP contribution in [0.25, 0.3) is 0 Å². The van der Waals surface area contributed by atoms with E-state index in [0.717, 1.165) is 5.70 Å². The van der Waals surface area contributed by atoms with E-state index in [1.807, 2.05) is 0 Å². The van der Waals surface area contributed by atoms with Crippen LogP contribution in [0, 0.1) is 11.8 Å². The fourth-order valence-corrected chi connectivity index (χ4v) is 1.79. The highest BCUT2D eigenvalue weighted by atomic mass is 16.5. The third kappa shape index (κ3) is 1.45. The van der Waals surface area contributed by atoms with Gasteiger partial charge in [-0.1, -0.05) is 12.2 Å². The van der Waals surface area contributed by atoms with Crippen LogP contribution < -0.4 is 5.43 Å². The zero-order chi connectivity index (χ0) is 10.8. The van der Waals surface area contributed by atoms with Gasteiger partial charge in [-0.15, -0.1) is 0 Å². The van der Waals surface area contributed by atoms with Gasteiger partial charge in [-0.2, -0.15) is 5.10 Å². The molecular weight excluding hydrogens is 196 g/mol. The van der Waals surface area contributed by atoms with Crippen LogP contribution in [-0.2, 0) is 14.3 Å². The molecule has 0 aromatic carbocycles. The predicted molar refractivity (Wildman–Crippen MR) is 52.9 cm³/mol. The molecule has 0 spiro atoms. The summed E-state index contributed by atoms with van der Waals surface area (Å²) in [6.07, 6.45) is 5.92.